The standard InChI is InChI=1S/C20H24N2O3/c1-20(2,3)16-9-6-14(7-10-16)13-21-22-19(23)15-8-11-17(24-4)18(12-15)25-5/h6-13H,1-5H3,(H,22,23). The number of carbonyl (C=O) groups is 1. The highest BCUT2D eigenvalue weighted by Crippen LogP contribution is 2.27. The van der Waals surface area contributed by atoms with Crippen molar-refractivity contribution in [2.75, 3.05) is 14.2 Å². The summed E-state index contributed by atoms with van der Waals surface area (Å²) < 4.78 is 10.4. The molecule has 0 aliphatic carbocycles. The van der Waals surface area contributed by atoms with Crippen molar-refractivity contribution in [3.63, 3.8) is 0 Å². The number of nitrogens with one attached hydrogen (secondary N) is 1. The number of ether oxygens (including phenoxy) is 2. The van der Waals surface area contributed by atoms with Crippen molar-refractivity contribution in [3.8, 4) is 11.5 Å². The van der Waals surface area contributed by atoms with E-state index >= 15 is 0 Å². The lowest BCUT2D eigenvalue weighted by molar-refractivity contribution is 0.0954. The maximum absolute atomic E-state index is 12.2. The molecule has 0 aromatic heterocycles. The van der Waals surface area contributed by atoms with Crippen LogP contribution >= 0.6 is 0 Å². The summed E-state index contributed by atoms with van der Waals surface area (Å²) in [7, 11) is 3.08. The lowest BCUT2D eigenvalue weighted by Crippen LogP contribution is -2.17. The van der Waals surface area contributed by atoms with Crippen LogP contribution in [-0.2, 0) is 5.41 Å². The van der Waals surface area contributed by atoms with Gasteiger partial charge in [-0.3, -0.25) is 4.79 Å². The van der Waals surface area contributed by atoms with Crippen molar-refractivity contribution in [1.29, 1.82) is 0 Å². The number of benzene rings is 2. The summed E-state index contributed by atoms with van der Waals surface area (Å²) in [6.07, 6.45) is 1.62. The molecule has 0 bridgehead atoms. The maximum atomic E-state index is 12.2. The Bertz CT molecular complexity index is 760. The summed E-state index contributed by atoms with van der Waals surface area (Å²) in [6, 6.07) is 13.0. The third-order valence-corrected chi connectivity index (χ3v) is 3.80. The molecule has 132 valence electrons. The molecule has 0 saturated heterocycles. The molecule has 0 saturated carbocycles. The van der Waals surface area contributed by atoms with Crippen LogP contribution in [0.4, 0.5) is 0 Å². The molecule has 2 aromatic carbocycles. The number of carbonyl (C=O) groups excluding carboxylic acids is 1. The van der Waals surface area contributed by atoms with E-state index < -0.39 is 0 Å². The van der Waals surface area contributed by atoms with Gasteiger partial charge in [0.2, 0.25) is 0 Å². The fourth-order valence-electron chi connectivity index (χ4n) is 2.28. The van der Waals surface area contributed by atoms with E-state index in [2.05, 4.69) is 43.4 Å². The Balaban J connectivity index is 2.03. The Labute approximate surface area is 148 Å². The first-order valence-corrected chi connectivity index (χ1v) is 8.01. The fraction of sp³-hybridized carbons (Fsp3) is 0.300. The SMILES string of the molecule is COc1ccc(C(=O)NN=Cc2ccc(C(C)(C)C)cc2)cc1OC. The van der Waals surface area contributed by atoms with Gasteiger partial charge in [-0.25, -0.2) is 5.43 Å². The normalized spacial score (nSPS) is 11.4. The maximum Gasteiger partial charge on any atom is 0.271 e. The predicted molar refractivity (Wildman–Crippen MR) is 99.7 cm³/mol. The van der Waals surface area contributed by atoms with Gasteiger partial charge in [0.05, 0.1) is 20.4 Å². The lowest BCUT2D eigenvalue weighted by Gasteiger charge is -2.18. The third kappa shape index (κ3) is 4.83. The zero-order valence-electron chi connectivity index (χ0n) is 15.3. The number of hydrogen-bond acceptors (Lipinski definition) is 4. The van der Waals surface area contributed by atoms with Gasteiger partial charge in [0.25, 0.3) is 5.91 Å². The predicted octanol–water partition coefficient (Wildman–Crippen LogP) is 3.77. The van der Waals surface area contributed by atoms with Crippen molar-refractivity contribution >= 4 is 12.1 Å². The van der Waals surface area contributed by atoms with Gasteiger partial charge in [0, 0.05) is 5.56 Å². The molecule has 0 atom stereocenters. The van der Waals surface area contributed by atoms with Crippen LogP contribution in [0.3, 0.4) is 0 Å². The number of nitrogens with zero attached hydrogens (tertiary/aromatic N) is 1. The van der Waals surface area contributed by atoms with Gasteiger partial charge in [-0.05, 0) is 34.7 Å². The van der Waals surface area contributed by atoms with Crippen LogP contribution in [0.15, 0.2) is 47.6 Å². The summed E-state index contributed by atoms with van der Waals surface area (Å²) in [4.78, 5) is 12.2. The van der Waals surface area contributed by atoms with E-state index in [-0.39, 0.29) is 11.3 Å². The monoisotopic (exact) mass is 340 g/mol. The Hall–Kier alpha value is -2.82. The first-order valence-electron chi connectivity index (χ1n) is 8.01. The van der Waals surface area contributed by atoms with Crippen LogP contribution in [0.25, 0.3) is 0 Å². The van der Waals surface area contributed by atoms with Gasteiger partial charge in [0.15, 0.2) is 11.5 Å². The second-order valence-corrected chi connectivity index (χ2v) is 6.64. The summed E-state index contributed by atoms with van der Waals surface area (Å²) in [5, 5.41) is 4.01. The third-order valence-electron chi connectivity index (χ3n) is 3.80. The quantitative estimate of drug-likeness (QED) is 0.666. The number of methoxy groups -OCH3 is 2. The number of hydrogen-bond donors (Lipinski definition) is 1. The van der Waals surface area contributed by atoms with E-state index in [0.717, 1.165) is 5.56 Å². The minimum atomic E-state index is -0.316. The average Bonchev–Trinajstić information content (AvgIpc) is 2.60. The first kappa shape index (κ1) is 18.5. The van der Waals surface area contributed by atoms with Crippen molar-refractivity contribution in [2.24, 2.45) is 5.10 Å². The molecule has 25 heavy (non-hydrogen) atoms. The average molecular weight is 340 g/mol. The van der Waals surface area contributed by atoms with Crippen LogP contribution in [0.1, 0.15) is 42.3 Å². The molecule has 0 fully saturated rings. The molecule has 2 rings (SSSR count). The molecule has 0 aliphatic heterocycles. The van der Waals surface area contributed by atoms with Gasteiger partial charge in [-0.2, -0.15) is 5.10 Å². The van der Waals surface area contributed by atoms with Crippen molar-refractivity contribution in [2.45, 2.75) is 26.2 Å². The molecule has 0 unspecified atom stereocenters. The topological polar surface area (TPSA) is 59.9 Å². The highest BCUT2D eigenvalue weighted by atomic mass is 16.5. The van der Waals surface area contributed by atoms with Gasteiger partial charge < -0.3 is 9.47 Å². The molecule has 5 heteroatoms. The summed E-state index contributed by atoms with van der Waals surface area (Å²) in [6.45, 7) is 6.50. The second-order valence-electron chi connectivity index (χ2n) is 6.64. The van der Waals surface area contributed by atoms with E-state index in [0.29, 0.717) is 17.1 Å². The molecule has 5 nitrogen and oxygen atoms in total. The van der Waals surface area contributed by atoms with E-state index in [1.807, 2.05) is 12.1 Å². The summed E-state index contributed by atoms with van der Waals surface area (Å²) in [5.41, 5.74) is 5.23. The van der Waals surface area contributed by atoms with Crippen LogP contribution in [0, 0.1) is 0 Å². The largest absolute Gasteiger partial charge is 0.493 e. The van der Waals surface area contributed by atoms with Gasteiger partial charge >= 0.3 is 0 Å². The van der Waals surface area contributed by atoms with Crippen LogP contribution in [0.5, 0.6) is 11.5 Å². The lowest BCUT2D eigenvalue weighted by atomic mass is 9.87. The first-order chi connectivity index (χ1) is 11.8. The van der Waals surface area contributed by atoms with E-state index in [4.69, 9.17) is 9.47 Å². The van der Waals surface area contributed by atoms with E-state index in [1.165, 1.54) is 12.7 Å². The van der Waals surface area contributed by atoms with Gasteiger partial charge in [-0.1, -0.05) is 45.0 Å². The smallest absolute Gasteiger partial charge is 0.271 e. The van der Waals surface area contributed by atoms with Crippen molar-refractivity contribution < 1.29 is 14.3 Å². The zero-order chi connectivity index (χ0) is 18.4. The number of amides is 1. The zero-order valence-corrected chi connectivity index (χ0v) is 15.3. The molecule has 0 radical (unpaired) electrons. The molecular weight excluding hydrogens is 316 g/mol. The van der Waals surface area contributed by atoms with Crippen LogP contribution < -0.4 is 14.9 Å². The molecular formula is C20H24N2O3. The second kappa shape index (κ2) is 7.83. The highest BCUT2D eigenvalue weighted by Gasteiger charge is 2.12. The Morgan fingerprint density at radius 3 is 2.20 bits per heavy atom. The molecule has 0 heterocycles. The Morgan fingerprint density at radius 2 is 1.64 bits per heavy atom. The molecule has 1 amide bonds. The van der Waals surface area contributed by atoms with Crippen LogP contribution in [0.2, 0.25) is 0 Å². The highest BCUT2D eigenvalue weighted by molar-refractivity contribution is 5.95. The molecule has 2 aromatic rings. The number of rotatable bonds is 5. The van der Waals surface area contributed by atoms with Gasteiger partial charge in [-0.15, -0.1) is 0 Å². The minimum Gasteiger partial charge on any atom is -0.493 e. The molecule has 0 aliphatic rings. The number of hydrazone groups is 1. The Morgan fingerprint density at radius 1 is 1.00 bits per heavy atom. The Kier molecular flexibility index (Phi) is 5.80. The van der Waals surface area contributed by atoms with E-state index in [1.54, 1.807) is 31.5 Å². The molecule has 1 N–H and O–H groups in total. The van der Waals surface area contributed by atoms with Crippen molar-refractivity contribution in [3.05, 3.63) is 59.2 Å². The molecule has 0 spiro atoms. The van der Waals surface area contributed by atoms with Crippen LogP contribution in [-0.4, -0.2) is 26.3 Å². The van der Waals surface area contributed by atoms with Crippen molar-refractivity contribution in [1.82, 2.24) is 5.43 Å². The minimum absolute atomic E-state index is 0.108. The summed E-state index contributed by atoms with van der Waals surface area (Å²) >= 11 is 0. The van der Waals surface area contributed by atoms with E-state index in [9.17, 15) is 4.79 Å². The fourth-order valence-corrected chi connectivity index (χ4v) is 2.28. The van der Waals surface area contributed by atoms with Gasteiger partial charge in [0.1, 0.15) is 0 Å². The summed E-state index contributed by atoms with van der Waals surface area (Å²) in [5.74, 6) is 0.752.